The van der Waals surface area contributed by atoms with Crippen LogP contribution in [-0.4, -0.2) is 63.7 Å². The first kappa shape index (κ1) is 71.6. The van der Waals surface area contributed by atoms with E-state index in [0.29, 0.717) is 23.6 Å². The Morgan fingerprint density at radius 1 is 0.273 bits per heavy atom. The minimum absolute atomic E-state index is 0. The Hall–Kier alpha value is -1.52. The summed E-state index contributed by atoms with van der Waals surface area (Å²) in [5, 5.41) is 3.11. The summed E-state index contributed by atoms with van der Waals surface area (Å²) in [4.78, 5) is 0.0479. The summed E-state index contributed by atoms with van der Waals surface area (Å²) < 4.78 is 74.1. The van der Waals surface area contributed by atoms with Gasteiger partial charge in [0, 0.05) is 0 Å². The maximum Gasteiger partial charge on any atom is 2.00 e. The van der Waals surface area contributed by atoms with Gasteiger partial charge < -0.3 is 9.11 Å². The second-order valence-electron chi connectivity index (χ2n) is 22.8. The third kappa shape index (κ3) is 30.9. The van der Waals surface area contributed by atoms with Crippen LogP contribution >= 0.6 is 0 Å². The molecule has 0 aliphatic heterocycles. The molecule has 0 amide bonds. The minimum Gasteiger partial charge on any atom is -0.744 e. The van der Waals surface area contributed by atoms with Crippen molar-refractivity contribution >= 4 is 79.5 Å². The maximum atomic E-state index is 12.3. The van der Waals surface area contributed by atoms with Crippen LogP contribution in [0.1, 0.15) is 307 Å². The SMILES string of the molecule is CCCCCCCCCCCCc1cc(CCCCCCCCCCCC)c2ccccc2c1S(=O)(=O)[O-].CCCCCCCCCCCCc1cc(CCCCCCCCCCCC)c2ccccc2c1S(=O)(=O)[O-].[Ca+2]. The van der Waals surface area contributed by atoms with Gasteiger partial charge in [0.2, 0.25) is 0 Å². The van der Waals surface area contributed by atoms with Gasteiger partial charge in [0.25, 0.3) is 0 Å². The van der Waals surface area contributed by atoms with Crippen molar-refractivity contribution in [2.24, 2.45) is 0 Å². The van der Waals surface area contributed by atoms with Crippen LogP contribution in [0.15, 0.2) is 70.5 Å². The zero-order valence-corrected chi connectivity index (χ0v) is 53.7. The minimum atomic E-state index is -4.53. The summed E-state index contributed by atoms with van der Waals surface area (Å²) in [5.74, 6) is 0. The van der Waals surface area contributed by atoms with Crippen LogP contribution in [0.3, 0.4) is 0 Å². The molecule has 0 aliphatic rings. The van der Waals surface area contributed by atoms with E-state index in [-0.39, 0.29) is 47.5 Å². The fourth-order valence-electron chi connectivity index (χ4n) is 11.6. The average molecular weight is 1130 g/mol. The van der Waals surface area contributed by atoms with E-state index in [0.717, 1.165) is 73.3 Å². The van der Waals surface area contributed by atoms with Crippen molar-refractivity contribution in [3.05, 3.63) is 82.9 Å². The summed E-state index contributed by atoms with van der Waals surface area (Å²) in [5.41, 5.74) is 3.88. The number of aryl methyl sites for hydroxylation is 4. The van der Waals surface area contributed by atoms with Crippen molar-refractivity contribution in [3.8, 4) is 0 Å². The predicted octanol–water partition coefficient (Wildman–Crippen LogP) is 21.0. The molecular formula is C68H110CaO6S2. The van der Waals surface area contributed by atoms with Gasteiger partial charge in [-0.05, 0) is 95.2 Å². The molecule has 0 spiro atoms. The van der Waals surface area contributed by atoms with Crippen molar-refractivity contribution in [3.63, 3.8) is 0 Å². The van der Waals surface area contributed by atoms with Gasteiger partial charge in [-0.25, -0.2) is 16.8 Å². The number of rotatable bonds is 46. The van der Waals surface area contributed by atoms with Crippen molar-refractivity contribution in [2.45, 2.75) is 320 Å². The molecule has 4 aromatic rings. The number of hydrogen-bond acceptors (Lipinski definition) is 6. The normalized spacial score (nSPS) is 11.8. The summed E-state index contributed by atoms with van der Waals surface area (Å²) in [7, 11) is -9.07. The summed E-state index contributed by atoms with van der Waals surface area (Å²) >= 11 is 0. The van der Waals surface area contributed by atoms with Crippen LogP contribution in [0.2, 0.25) is 0 Å². The quantitative estimate of drug-likeness (QED) is 0.0247. The molecule has 9 heteroatoms. The molecule has 0 saturated heterocycles. The Kier molecular flexibility index (Phi) is 41.9. The van der Waals surface area contributed by atoms with Gasteiger partial charge in [0.15, 0.2) is 0 Å². The fourth-order valence-corrected chi connectivity index (χ4v) is 13.4. The van der Waals surface area contributed by atoms with Gasteiger partial charge in [-0.3, -0.25) is 0 Å². The molecule has 0 aliphatic carbocycles. The van der Waals surface area contributed by atoms with Gasteiger partial charge in [0.1, 0.15) is 20.2 Å². The first-order valence-corrected chi connectivity index (χ1v) is 34.8. The zero-order valence-electron chi connectivity index (χ0n) is 49.9. The molecule has 0 fully saturated rings. The van der Waals surface area contributed by atoms with E-state index in [1.54, 1.807) is 0 Å². The molecule has 432 valence electrons. The van der Waals surface area contributed by atoms with E-state index in [9.17, 15) is 25.9 Å². The Balaban J connectivity index is 0.000000520. The fraction of sp³-hybridized carbons (Fsp3) is 0.706. The van der Waals surface area contributed by atoms with Gasteiger partial charge >= 0.3 is 37.7 Å². The van der Waals surface area contributed by atoms with Gasteiger partial charge in [-0.1, -0.05) is 320 Å². The topological polar surface area (TPSA) is 114 Å². The first-order valence-electron chi connectivity index (χ1n) is 32.0. The Morgan fingerprint density at radius 2 is 0.455 bits per heavy atom. The number of hydrogen-bond donors (Lipinski definition) is 0. The maximum absolute atomic E-state index is 12.3. The zero-order chi connectivity index (χ0) is 55.0. The Morgan fingerprint density at radius 3 is 0.662 bits per heavy atom. The van der Waals surface area contributed by atoms with E-state index < -0.39 is 20.2 Å². The first-order chi connectivity index (χ1) is 37.0. The van der Waals surface area contributed by atoms with Crippen molar-refractivity contribution in [1.82, 2.24) is 0 Å². The summed E-state index contributed by atoms with van der Waals surface area (Å²) in [6, 6.07) is 19.3. The molecule has 0 heterocycles. The van der Waals surface area contributed by atoms with E-state index in [1.165, 1.54) is 229 Å². The molecule has 6 nitrogen and oxygen atoms in total. The second-order valence-corrected chi connectivity index (χ2v) is 25.4. The average Bonchev–Trinajstić information content (AvgIpc) is 3.43. The standard InChI is InChI=1S/2C34H56O3S.Ca/c2*1-3-5-7-9-11-13-15-17-19-21-25-30-29-31(26-22-20-18-16-14-12-10-8-6-4-2)34(38(35,36)37)33-28-24-23-27-32(30)33;/h2*23-24,27-29H,3-22,25-26H2,1-2H3,(H,35,36,37);/q;;+2/p-2. The van der Waals surface area contributed by atoms with Crippen LogP contribution in [0.5, 0.6) is 0 Å². The molecule has 0 N–H and O–H groups in total. The van der Waals surface area contributed by atoms with Crippen LogP contribution in [0.4, 0.5) is 0 Å². The Bertz CT molecular complexity index is 2160. The smallest absolute Gasteiger partial charge is 0.744 e. The van der Waals surface area contributed by atoms with E-state index >= 15 is 0 Å². The molecule has 0 radical (unpaired) electrons. The van der Waals surface area contributed by atoms with E-state index in [1.807, 2.05) is 48.5 Å². The Labute approximate surface area is 504 Å². The van der Waals surface area contributed by atoms with Crippen molar-refractivity contribution in [1.29, 1.82) is 0 Å². The third-order valence-electron chi connectivity index (χ3n) is 16.0. The van der Waals surface area contributed by atoms with Crippen LogP contribution in [0.25, 0.3) is 21.5 Å². The number of fused-ring (bicyclic) bond motifs is 2. The van der Waals surface area contributed by atoms with Gasteiger partial charge in [-0.2, -0.15) is 0 Å². The molecule has 0 unspecified atom stereocenters. The molecule has 0 saturated carbocycles. The number of benzene rings is 4. The van der Waals surface area contributed by atoms with Crippen molar-refractivity contribution < 1.29 is 25.9 Å². The van der Waals surface area contributed by atoms with Crippen molar-refractivity contribution in [2.75, 3.05) is 0 Å². The van der Waals surface area contributed by atoms with E-state index in [4.69, 9.17) is 0 Å². The van der Waals surface area contributed by atoms with Gasteiger partial charge in [0.05, 0.1) is 9.79 Å². The number of unbranched alkanes of at least 4 members (excludes halogenated alkanes) is 36. The molecule has 0 bridgehead atoms. The molecule has 77 heavy (non-hydrogen) atoms. The van der Waals surface area contributed by atoms with E-state index in [2.05, 4.69) is 39.8 Å². The summed E-state index contributed by atoms with van der Waals surface area (Å²) in [6.45, 7) is 9.02. The second kappa shape index (κ2) is 45.1. The predicted molar refractivity (Wildman–Crippen MR) is 332 cm³/mol. The molecule has 0 atom stereocenters. The largest absolute Gasteiger partial charge is 2.00 e. The van der Waals surface area contributed by atoms with Crippen LogP contribution in [0, 0.1) is 0 Å². The van der Waals surface area contributed by atoms with Gasteiger partial charge in [-0.15, -0.1) is 0 Å². The molecular weight excluding hydrogens is 1020 g/mol. The summed E-state index contributed by atoms with van der Waals surface area (Å²) in [6.07, 6.45) is 54.1. The van der Waals surface area contributed by atoms with Crippen LogP contribution < -0.4 is 0 Å². The molecule has 0 aromatic heterocycles. The monoisotopic (exact) mass is 1130 g/mol. The third-order valence-corrected chi connectivity index (χ3v) is 18.0. The molecule has 4 aromatic carbocycles. The van der Waals surface area contributed by atoms with Crippen LogP contribution in [-0.2, 0) is 45.9 Å². The molecule has 4 rings (SSSR count).